The third-order valence-electron chi connectivity index (χ3n) is 13.0. The van der Waals surface area contributed by atoms with Crippen LogP contribution in [-0.2, 0) is 21.5 Å². The van der Waals surface area contributed by atoms with E-state index in [0.717, 1.165) is 59.6 Å². The Morgan fingerprint density at radius 1 is 0.962 bits per heavy atom. The Bertz CT molecular complexity index is 2260. The highest BCUT2D eigenvalue weighted by Crippen LogP contribution is 2.63. The zero-order valence-corrected chi connectivity index (χ0v) is 30.1. The van der Waals surface area contributed by atoms with Crippen LogP contribution in [0.2, 0.25) is 0 Å². The molecule has 1 spiro atoms. The van der Waals surface area contributed by atoms with Gasteiger partial charge in [-0.15, -0.1) is 0 Å². The zero-order chi connectivity index (χ0) is 35.4. The number of hydrogen-bond acceptors (Lipinski definition) is 6. The number of carbonyl (C=O) groups excluding carboxylic acids is 2. The van der Waals surface area contributed by atoms with E-state index in [2.05, 4.69) is 93.5 Å². The molecule has 10 nitrogen and oxygen atoms in total. The summed E-state index contributed by atoms with van der Waals surface area (Å²) < 4.78 is 4.66. The third-order valence-corrected chi connectivity index (χ3v) is 13.0. The van der Waals surface area contributed by atoms with Crippen LogP contribution in [0.1, 0.15) is 80.7 Å². The molecule has 10 heteroatoms. The van der Waals surface area contributed by atoms with Gasteiger partial charge >= 0.3 is 6.09 Å². The Morgan fingerprint density at radius 2 is 1.69 bits per heavy atom. The maximum atomic E-state index is 13.1. The van der Waals surface area contributed by atoms with Crippen molar-refractivity contribution in [2.24, 2.45) is 11.3 Å². The minimum absolute atomic E-state index is 0.0483. The summed E-state index contributed by atoms with van der Waals surface area (Å²) in [7, 11) is 3.56. The van der Waals surface area contributed by atoms with Crippen LogP contribution in [0, 0.1) is 11.3 Å². The van der Waals surface area contributed by atoms with Gasteiger partial charge in [-0.1, -0.05) is 37.3 Å². The van der Waals surface area contributed by atoms with Crippen LogP contribution in [0.25, 0.3) is 44.5 Å². The summed E-state index contributed by atoms with van der Waals surface area (Å²) in [5, 5.41) is 2.53. The highest BCUT2D eigenvalue weighted by atomic mass is 16.5. The summed E-state index contributed by atoms with van der Waals surface area (Å²) in [4.78, 5) is 46.1. The molecule has 3 atom stereocenters. The van der Waals surface area contributed by atoms with Gasteiger partial charge in [0.05, 0.1) is 42.6 Å². The number of nitrogens with one attached hydrogen (secondary N) is 3. The predicted molar refractivity (Wildman–Crippen MR) is 199 cm³/mol. The normalized spacial score (nSPS) is 22.8. The van der Waals surface area contributed by atoms with Gasteiger partial charge in [-0.05, 0) is 127 Å². The number of piperidine rings is 1. The molecule has 5 aliphatic rings. The van der Waals surface area contributed by atoms with Gasteiger partial charge in [0.15, 0.2) is 0 Å². The molecule has 1 aliphatic heterocycles. The van der Waals surface area contributed by atoms with Gasteiger partial charge < -0.3 is 24.9 Å². The largest absolute Gasteiger partial charge is 0.453 e. The molecular weight excluding hydrogens is 651 g/mol. The van der Waals surface area contributed by atoms with Gasteiger partial charge in [0.1, 0.15) is 18.2 Å². The predicted octanol–water partition coefficient (Wildman–Crippen LogP) is 7.32. The number of methoxy groups -OCH3 is 1. The number of aromatic nitrogens is 4. The van der Waals surface area contributed by atoms with Gasteiger partial charge in [0, 0.05) is 18.0 Å². The minimum atomic E-state index is -0.613. The number of nitrogens with zero attached hydrogens (tertiary/aromatic N) is 4. The first-order valence-electron chi connectivity index (χ1n) is 18.9. The Kier molecular flexibility index (Phi) is 7.03. The molecule has 0 unspecified atom stereocenters. The number of alkyl carbamates (subject to hydrolysis) is 1. The first-order chi connectivity index (χ1) is 25.2. The van der Waals surface area contributed by atoms with Gasteiger partial charge in [-0.3, -0.25) is 9.69 Å². The molecule has 2 amide bonds. The fraction of sp³-hybridized carbons (Fsp3) is 0.429. The smallest absolute Gasteiger partial charge is 0.407 e. The van der Waals surface area contributed by atoms with Crippen LogP contribution in [-0.4, -0.2) is 75.0 Å². The first kappa shape index (κ1) is 31.7. The lowest BCUT2D eigenvalue weighted by Crippen LogP contribution is -2.42. The number of benzene rings is 3. The van der Waals surface area contributed by atoms with Crippen molar-refractivity contribution in [2.45, 2.75) is 75.9 Å². The van der Waals surface area contributed by atoms with Gasteiger partial charge in [0.25, 0.3) is 0 Å². The van der Waals surface area contributed by atoms with Crippen molar-refractivity contribution in [1.82, 2.24) is 35.1 Å². The number of ether oxygens (including phenoxy) is 1. The number of aromatic amines is 2. The minimum Gasteiger partial charge on any atom is -0.453 e. The molecule has 5 aromatic rings. The number of likely N-dealkylation sites (tertiary alicyclic amines) is 1. The molecule has 3 saturated carbocycles. The van der Waals surface area contributed by atoms with Crippen molar-refractivity contribution in [2.75, 3.05) is 27.2 Å². The molecule has 1 saturated heterocycles. The lowest BCUT2D eigenvalue weighted by molar-refractivity contribution is -0.131. The summed E-state index contributed by atoms with van der Waals surface area (Å²) in [5.41, 5.74) is 12.3. The highest BCUT2D eigenvalue weighted by Gasteiger charge is 2.52. The monoisotopic (exact) mass is 695 g/mol. The number of H-pyrrole nitrogens is 2. The van der Waals surface area contributed by atoms with Crippen molar-refractivity contribution >= 4 is 23.0 Å². The van der Waals surface area contributed by atoms with E-state index in [4.69, 9.17) is 9.97 Å². The van der Waals surface area contributed by atoms with E-state index in [9.17, 15) is 9.59 Å². The van der Waals surface area contributed by atoms with Crippen LogP contribution in [0.5, 0.6) is 0 Å². The second-order valence-electron chi connectivity index (χ2n) is 16.4. The number of imidazole rings is 2. The molecule has 52 heavy (non-hydrogen) atoms. The fourth-order valence-corrected chi connectivity index (χ4v) is 9.65. The first-order valence-corrected chi connectivity index (χ1v) is 18.9. The van der Waals surface area contributed by atoms with Crippen molar-refractivity contribution in [3.05, 3.63) is 83.6 Å². The highest BCUT2D eigenvalue weighted by molar-refractivity contribution is 5.89. The molecule has 4 fully saturated rings. The second-order valence-corrected chi connectivity index (χ2v) is 16.4. The Hall–Kier alpha value is -4.96. The lowest BCUT2D eigenvalue weighted by atomic mass is 9.90. The van der Waals surface area contributed by atoms with E-state index >= 15 is 0 Å². The molecule has 2 aromatic heterocycles. The summed E-state index contributed by atoms with van der Waals surface area (Å²) in [5.74, 6) is 2.40. The number of fused-ring (bicyclic) bond motifs is 8. The Morgan fingerprint density at radius 3 is 2.40 bits per heavy atom. The Balaban J connectivity index is 0.895. The molecule has 3 heterocycles. The van der Waals surface area contributed by atoms with Crippen LogP contribution < -0.4 is 5.32 Å². The summed E-state index contributed by atoms with van der Waals surface area (Å²) in [6, 6.07) is 21.6. The molecule has 4 aliphatic carbocycles. The number of carbonyl (C=O) groups is 2. The Labute approximate surface area is 303 Å². The van der Waals surface area contributed by atoms with Crippen LogP contribution in [0.4, 0.5) is 4.79 Å². The van der Waals surface area contributed by atoms with Crippen LogP contribution in [0.3, 0.4) is 0 Å². The topological polar surface area (TPSA) is 119 Å². The van der Waals surface area contributed by atoms with E-state index in [0.29, 0.717) is 31.1 Å². The summed E-state index contributed by atoms with van der Waals surface area (Å²) >= 11 is 0. The summed E-state index contributed by atoms with van der Waals surface area (Å²) in [6.07, 6.45) is 9.65. The van der Waals surface area contributed by atoms with Crippen molar-refractivity contribution < 1.29 is 14.3 Å². The standard InChI is InChI=1S/C42H45N7O3/c1-41(12-13-41)23-49(37(50)21-44-40(51)52-3)22-36-43-20-35(45-36)26-6-10-30-29-9-5-24(17-31(29)42(14-15-42)32(30)18-26)25-7-11-33-34(19-25)47-39(46-33)38-27-4-8-28(16-27)48(38)2/h5-7,9-11,17-20,27-28,38H,4,8,12-16,21-23H2,1-3H3,(H,43,45)(H,44,51)(H,46,47)/t27-,28+,38-/m0/s1. The molecule has 3 aromatic carbocycles. The molecule has 266 valence electrons. The van der Waals surface area contributed by atoms with Gasteiger partial charge in [0.2, 0.25) is 5.91 Å². The molecule has 10 rings (SSSR count). The average molecular weight is 696 g/mol. The maximum absolute atomic E-state index is 13.1. The average Bonchev–Trinajstić information content (AvgIpc) is 3.71. The second kappa shape index (κ2) is 11.5. The van der Waals surface area contributed by atoms with Gasteiger partial charge in [-0.2, -0.15) is 0 Å². The molecular formula is C42H45N7O3. The number of hydrogen-bond donors (Lipinski definition) is 3. The van der Waals surface area contributed by atoms with Gasteiger partial charge in [-0.25, -0.2) is 14.8 Å². The number of amides is 2. The van der Waals surface area contributed by atoms with E-state index in [1.807, 2.05) is 6.20 Å². The van der Waals surface area contributed by atoms with E-state index in [-0.39, 0.29) is 23.3 Å². The van der Waals surface area contributed by atoms with Crippen LogP contribution in [0.15, 0.2) is 60.8 Å². The zero-order valence-electron chi connectivity index (χ0n) is 30.1. The molecule has 2 bridgehead atoms. The number of rotatable bonds is 9. The van der Waals surface area contributed by atoms with E-state index < -0.39 is 6.09 Å². The third kappa shape index (κ3) is 5.17. The quantitative estimate of drug-likeness (QED) is 0.149. The van der Waals surface area contributed by atoms with Crippen molar-refractivity contribution in [3.63, 3.8) is 0 Å². The maximum Gasteiger partial charge on any atom is 0.407 e. The van der Waals surface area contributed by atoms with E-state index in [1.165, 1.54) is 59.8 Å². The van der Waals surface area contributed by atoms with E-state index in [1.54, 1.807) is 4.90 Å². The van der Waals surface area contributed by atoms with Crippen molar-refractivity contribution in [1.29, 1.82) is 0 Å². The fourth-order valence-electron chi connectivity index (χ4n) is 9.65. The summed E-state index contributed by atoms with van der Waals surface area (Å²) in [6.45, 7) is 3.06. The van der Waals surface area contributed by atoms with Crippen molar-refractivity contribution in [3.8, 4) is 33.5 Å². The molecule has 0 radical (unpaired) electrons. The SMILES string of the molecule is COC(=O)NCC(=O)N(Cc1ncc(-c2ccc3c(c2)C2(CC2)c2cc(-c4ccc5nc([C@@H]6[C@H]7CC[C@H](C7)N6C)[nH]c5c4)ccc2-3)[nH]1)CC1(C)CC1. The van der Waals surface area contributed by atoms with Crippen LogP contribution >= 0.6 is 0 Å². The lowest BCUT2D eigenvalue weighted by Gasteiger charge is -2.30. The molecule has 3 N–H and O–H groups in total.